The lowest BCUT2D eigenvalue weighted by molar-refractivity contribution is 0.311. The Bertz CT molecular complexity index is 491. The topological polar surface area (TPSA) is 70.1 Å². The highest BCUT2D eigenvalue weighted by Crippen LogP contribution is 2.27. The zero-order chi connectivity index (χ0) is 12.1. The van der Waals surface area contributed by atoms with E-state index in [0.29, 0.717) is 12.4 Å². The lowest BCUT2D eigenvalue weighted by atomic mass is 10.5. The van der Waals surface area contributed by atoms with Gasteiger partial charge in [-0.2, -0.15) is 0 Å². The second kappa shape index (κ2) is 5.95. The smallest absolute Gasteiger partial charge is 0.136 e. The Morgan fingerprint density at radius 2 is 2.12 bits per heavy atom. The van der Waals surface area contributed by atoms with Crippen molar-refractivity contribution in [1.82, 2.24) is 9.97 Å². The van der Waals surface area contributed by atoms with E-state index in [1.54, 1.807) is 17.4 Å². The van der Waals surface area contributed by atoms with Crippen molar-refractivity contribution < 1.29 is 5.11 Å². The van der Waals surface area contributed by atoms with E-state index in [2.05, 4.69) is 36.5 Å². The minimum Gasteiger partial charge on any atom is -0.395 e. The van der Waals surface area contributed by atoms with Crippen molar-refractivity contribution in [2.75, 3.05) is 23.8 Å². The van der Waals surface area contributed by atoms with Gasteiger partial charge < -0.3 is 15.7 Å². The predicted octanol–water partition coefficient (Wildman–Crippen LogP) is 2.45. The van der Waals surface area contributed by atoms with Crippen LogP contribution < -0.4 is 10.6 Å². The van der Waals surface area contributed by atoms with Crippen LogP contribution in [0.2, 0.25) is 0 Å². The summed E-state index contributed by atoms with van der Waals surface area (Å²) in [5.74, 6) is 1.40. The highest BCUT2D eigenvalue weighted by Gasteiger charge is 2.01. The van der Waals surface area contributed by atoms with Crippen LogP contribution in [0.3, 0.4) is 0 Å². The van der Waals surface area contributed by atoms with E-state index >= 15 is 0 Å². The van der Waals surface area contributed by atoms with Crippen molar-refractivity contribution in [1.29, 1.82) is 0 Å². The SMILES string of the molecule is OCCNc1cc(Nc2cc(Br)cs2)ncn1. The summed E-state index contributed by atoms with van der Waals surface area (Å²) in [6, 6.07) is 3.77. The second-order valence-electron chi connectivity index (χ2n) is 3.19. The number of aliphatic hydroxyl groups is 1. The van der Waals surface area contributed by atoms with Crippen molar-refractivity contribution in [2.45, 2.75) is 0 Å². The Kier molecular flexibility index (Phi) is 4.29. The summed E-state index contributed by atoms with van der Waals surface area (Å²) in [4.78, 5) is 8.16. The lowest BCUT2D eigenvalue weighted by Crippen LogP contribution is -2.07. The van der Waals surface area contributed by atoms with E-state index in [4.69, 9.17) is 5.11 Å². The van der Waals surface area contributed by atoms with Gasteiger partial charge in [-0.05, 0) is 22.0 Å². The molecule has 0 saturated heterocycles. The molecule has 2 aromatic rings. The maximum atomic E-state index is 8.71. The fourth-order valence-electron chi connectivity index (χ4n) is 1.21. The third-order valence-electron chi connectivity index (χ3n) is 1.90. The molecular weight excluding hydrogens is 304 g/mol. The van der Waals surface area contributed by atoms with Gasteiger partial charge in [0, 0.05) is 22.5 Å². The van der Waals surface area contributed by atoms with Crippen LogP contribution in [-0.2, 0) is 0 Å². The fraction of sp³-hybridized carbons (Fsp3) is 0.200. The number of aliphatic hydroxyl groups excluding tert-OH is 1. The summed E-state index contributed by atoms with van der Waals surface area (Å²) in [5.41, 5.74) is 0. The zero-order valence-electron chi connectivity index (χ0n) is 8.85. The van der Waals surface area contributed by atoms with Gasteiger partial charge in [0.1, 0.15) is 18.0 Å². The Balaban J connectivity index is 2.05. The maximum absolute atomic E-state index is 8.71. The number of hydrogen-bond donors (Lipinski definition) is 3. The van der Waals surface area contributed by atoms with Gasteiger partial charge in [-0.1, -0.05) is 0 Å². The Labute approximate surface area is 111 Å². The standard InChI is InChI=1S/C10H11BrN4OS/c11-7-3-10(17-5-7)15-9-4-8(12-1-2-16)13-6-14-9/h3-6,16H,1-2H2,(H2,12,13,14,15). The number of nitrogens with zero attached hydrogens (tertiary/aromatic N) is 2. The largest absolute Gasteiger partial charge is 0.395 e. The minimum atomic E-state index is 0.0740. The molecule has 3 N–H and O–H groups in total. The highest BCUT2D eigenvalue weighted by atomic mass is 79.9. The first-order valence-electron chi connectivity index (χ1n) is 4.96. The van der Waals surface area contributed by atoms with E-state index in [1.165, 1.54) is 6.33 Å². The molecule has 0 saturated carbocycles. The zero-order valence-corrected chi connectivity index (χ0v) is 11.3. The van der Waals surface area contributed by atoms with E-state index < -0.39 is 0 Å². The first kappa shape index (κ1) is 12.3. The molecule has 17 heavy (non-hydrogen) atoms. The average Bonchev–Trinajstić information content (AvgIpc) is 2.73. The molecule has 0 atom stereocenters. The summed E-state index contributed by atoms with van der Waals surface area (Å²) in [5, 5.41) is 17.9. The molecule has 0 amide bonds. The molecule has 0 spiro atoms. The molecule has 0 aromatic carbocycles. The van der Waals surface area contributed by atoms with Crippen molar-refractivity contribution in [3.05, 3.63) is 28.3 Å². The fourth-order valence-corrected chi connectivity index (χ4v) is 2.54. The van der Waals surface area contributed by atoms with Crippen LogP contribution in [0, 0.1) is 0 Å². The van der Waals surface area contributed by atoms with Crippen molar-refractivity contribution >= 4 is 43.9 Å². The van der Waals surface area contributed by atoms with Crippen LogP contribution >= 0.6 is 27.3 Å². The van der Waals surface area contributed by atoms with Gasteiger partial charge in [-0.3, -0.25) is 0 Å². The average molecular weight is 315 g/mol. The van der Waals surface area contributed by atoms with Crippen molar-refractivity contribution in [2.24, 2.45) is 0 Å². The third kappa shape index (κ3) is 3.65. The molecule has 0 aliphatic heterocycles. The van der Waals surface area contributed by atoms with E-state index in [-0.39, 0.29) is 6.61 Å². The van der Waals surface area contributed by atoms with Gasteiger partial charge in [0.15, 0.2) is 0 Å². The molecule has 2 aromatic heterocycles. The molecule has 0 unspecified atom stereocenters. The van der Waals surface area contributed by atoms with Crippen LogP contribution in [0.4, 0.5) is 16.6 Å². The molecule has 5 nitrogen and oxygen atoms in total. The number of hydrogen-bond acceptors (Lipinski definition) is 6. The van der Waals surface area contributed by atoms with Gasteiger partial charge in [0.05, 0.1) is 11.6 Å². The van der Waals surface area contributed by atoms with Gasteiger partial charge >= 0.3 is 0 Å². The van der Waals surface area contributed by atoms with Crippen molar-refractivity contribution in [3.8, 4) is 0 Å². The molecule has 0 aliphatic carbocycles. The van der Waals surface area contributed by atoms with Gasteiger partial charge in [-0.15, -0.1) is 11.3 Å². The number of halogens is 1. The number of anilines is 3. The van der Waals surface area contributed by atoms with Gasteiger partial charge in [0.25, 0.3) is 0 Å². The van der Waals surface area contributed by atoms with Crippen LogP contribution in [0.1, 0.15) is 0 Å². The van der Waals surface area contributed by atoms with E-state index in [0.717, 1.165) is 15.3 Å². The second-order valence-corrected chi connectivity index (χ2v) is 5.02. The molecular formula is C10H11BrN4OS. The van der Waals surface area contributed by atoms with Crippen LogP contribution in [0.25, 0.3) is 0 Å². The molecule has 0 aliphatic rings. The summed E-state index contributed by atoms with van der Waals surface area (Å²) < 4.78 is 1.04. The van der Waals surface area contributed by atoms with Crippen molar-refractivity contribution in [3.63, 3.8) is 0 Å². The summed E-state index contributed by atoms with van der Waals surface area (Å²) in [6.45, 7) is 0.547. The van der Waals surface area contributed by atoms with E-state index in [1.807, 2.05) is 11.4 Å². The number of rotatable bonds is 5. The highest BCUT2D eigenvalue weighted by molar-refractivity contribution is 9.10. The molecule has 2 rings (SSSR count). The normalized spacial score (nSPS) is 10.2. The Hall–Kier alpha value is -1.18. The number of aromatic nitrogens is 2. The maximum Gasteiger partial charge on any atom is 0.136 e. The lowest BCUT2D eigenvalue weighted by Gasteiger charge is -2.05. The molecule has 2 heterocycles. The number of nitrogens with one attached hydrogen (secondary N) is 2. The molecule has 7 heteroatoms. The van der Waals surface area contributed by atoms with Crippen LogP contribution in [-0.4, -0.2) is 28.2 Å². The molecule has 0 radical (unpaired) electrons. The summed E-state index contributed by atoms with van der Waals surface area (Å²) >= 11 is 4.98. The van der Waals surface area contributed by atoms with Gasteiger partial charge in [-0.25, -0.2) is 9.97 Å². The van der Waals surface area contributed by atoms with Crippen LogP contribution in [0.5, 0.6) is 0 Å². The predicted molar refractivity (Wildman–Crippen MR) is 72.9 cm³/mol. The first-order valence-corrected chi connectivity index (χ1v) is 6.63. The van der Waals surface area contributed by atoms with Gasteiger partial charge in [0.2, 0.25) is 0 Å². The third-order valence-corrected chi connectivity index (χ3v) is 3.51. The quantitative estimate of drug-likeness (QED) is 0.791. The van der Waals surface area contributed by atoms with E-state index in [9.17, 15) is 0 Å². The monoisotopic (exact) mass is 314 g/mol. The first-order chi connectivity index (χ1) is 8.28. The summed E-state index contributed by atoms with van der Waals surface area (Å²) in [7, 11) is 0. The van der Waals surface area contributed by atoms with Crippen LogP contribution in [0.15, 0.2) is 28.3 Å². The molecule has 90 valence electrons. The number of thiophene rings is 1. The molecule has 0 bridgehead atoms. The summed E-state index contributed by atoms with van der Waals surface area (Å²) in [6.07, 6.45) is 1.48. The molecule has 0 fully saturated rings. The Morgan fingerprint density at radius 3 is 2.82 bits per heavy atom. The Morgan fingerprint density at radius 1 is 1.29 bits per heavy atom. The minimum absolute atomic E-state index is 0.0740.